The van der Waals surface area contributed by atoms with Crippen molar-refractivity contribution in [1.82, 2.24) is 0 Å². The van der Waals surface area contributed by atoms with Crippen LogP contribution < -0.4 is 0 Å². The molecule has 15 heavy (non-hydrogen) atoms. The van der Waals surface area contributed by atoms with Crippen LogP contribution in [0.25, 0.3) is 0 Å². The number of halogens is 2. The van der Waals surface area contributed by atoms with E-state index in [2.05, 4.69) is 0 Å². The fraction of sp³-hybridized carbons (Fsp3) is 0.143. The van der Waals surface area contributed by atoms with Crippen molar-refractivity contribution in [2.24, 2.45) is 0 Å². The molecule has 1 aromatic carbocycles. The Hall–Kier alpha value is -0.850. The molecule has 0 spiro atoms. The van der Waals surface area contributed by atoms with Crippen LogP contribution in [0.3, 0.4) is 0 Å². The Morgan fingerprint density at radius 1 is 1.40 bits per heavy atom. The standard InChI is InChI=1S/C7H5Cl2NO4S/c8-6-2-1-3-7(10(11)12)5(6)4-15(9,13)14/h1-3H,4H2. The molecule has 0 heterocycles. The normalized spacial score (nSPS) is 11.3. The summed E-state index contributed by atoms with van der Waals surface area (Å²) < 4.78 is 21.6. The Bertz CT molecular complexity index is 500. The Morgan fingerprint density at radius 3 is 2.47 bits per heavy atom. The maximum absolute atomic E-state index is 10.8. The zero-order chi connectivity index (χ0) is 11.6. The fourth-order valence-electron chi connectivity index (χ4n) is 1.03. The smallest absolute Gasteiger partial charge is 0.258 e. The van der Waals surface area contributed by atoms with Crippen LogP contribution in [0.1, 0.15) is 5.56 Å². The summed E-state index contributed by atoms with van der Waals surface area (Å²) in [4.78, 5) is 9.86. The first kappa shape index (κ1) is 12.2. The Morgan fingerprint density at radius 2 is 2.00 bits per heavy atom. The molecule has 0 saturated carbocycles. The predicted octanol–water partition coefficient (Wildman–Crippen LogP) is 2.32. The molecule has 0 bridgehead atoms. The van der Waals surface area contributed by atoms with Gasteiger partial charge in [0.1, 0.15) is 0 Å². The van der Waals surface area contributed by atoms with E-state index in [0.29, 0.717) is 0 Å². The van der Waals surface area contributed by atoms with Crippen LogP contribution in [0.5, 0.6) is 0 Å². The first-order chi connectivity index (χ1) is 6.81. The molecule has 0 aromatic heterocycles. The number of hydrogen-bond acceptors (Lipinski definition) is 4. The average Bonchev–Trinajstić information content (AvgIpc) is 2.05. The molecule has 5 nitrogen and oxygen atoms in total. The molecule has 0 aliphatic rings. The molecule has 0 radical (unpaired) electrons. The highest BCUT2D eigenvalue weighted by Crippen LogP contribution is 2.28. The lowest BCUT2D eigenvalue weighted by Gasteiger charge is -2.02. The van der Waals surface area contributed by atoms with Crippen LogP contribution in [0.4, 0.5) is 5.69 Å². The minimum absolute atomic E-state index is 0.00780. The third-order valence-corrected chi connectivity index (χ3v) is 2.92. The summed E-state index contributed by atoms with van der Waals surface area (Å²) in [7, 11) is 1.13. The van der Waals surface area contributed by atoms with E-state index >= 15 is 0 Å². The second kappa shape index (κ2) is 4.34. The number of benzene rings is 1. The predicted molar refractivity (Wildman–Crippen MR) is 56.6 cm³/mol. The topological polar surface area (TPSA) is 77.3 Å². The molecule has 0 saturated heterocycles. The van der Waals surface area contributed by atoms with Crippen LogP contribution in [0, 0.1) is 10.1 Å². The third-order valence-electron chi connectivity index (χ3n) is 1.61. The third kappa shape index (κ3) is 3.33. The van der Waals surface area contributed by atoms with Crippen LogP contribution >= 0.6 is 22.3 Å². The van der Waals surface area contributed by atoms with Crippen LogP contribution in [0.2, 0.25) is 5.02 Å². The number of hydrogen-bond donors (Lipinski definition) is 0. The van der Waals surface area contributed by atoms with Crippen LogP contribution in [-0.4, -0.2) is 13.3 Å². The van der Waals surface area contributed by atoms with Gasteiger partial charge in [0.2, 0.25) is 9.05 Å². The van der Waals surface area contributed by atoms with Gasteiger partial charge in [-0.1, -0.05) is 17.7 Å². The van der Waals surface area contributed by atoms with E-state index in [1.54, 1.807) is 0 Å². The van der Waals surface area contributed by atoms with Crippen molar-refractivity contribution in [1.29, 1.82) is 0 Å². The van der Waals surface area contributed by atoms with Gasteiger partial charge >= 0.3 is 0 Å². The molecule has 0 aliphatic carbocycles. The zero-order valence-corrected chi connectivity index (χ0v) is 9.51. The highest BCUT2D eigenvalue weighted by Gasteiger charge is 2.21. The van der Waals surface area contributed by atoms with Crippen molar-refractivity contribution >= 4 is 37.0 Å². The Labute approximate surface area is 95.2 Å². The largest absolute Gasteiger partial charge is 0.275 e. The van der Waals surface area contributed by atoms with Gasteiger partial charge in [0.25, 0.3) is 5.69 Å². The maximum Gasteiger partial charge on any atom is 0.275 e. The SMILES string of the molecule is O=[N+]([O-])c1cccc(Cl)c1CS(=O)(=O)Cl. The van der Waals surface area contributed by atoms with Gasteiger partial charge in [-0.05, 0) is 6.07 Å². The van der Waals surface area contributed by atoms with Crippen molar-refractivity contribution in [3.63, 3.8) is 0 Å². The minimum Gasteiger partial charge on any atom is -0.258 e. The van der Waals surface area contributed by atoms with E-state index in [1.165, 1.54) is 18.2 Å². The number of nitro groups is 1. The van der Waals surface area contributed by atoms with Gasteiger partial charge < -0.3 is 0 Å². The molecular formula is C7H5Cl2NO4S. The van der Waals surface area contributed by atoms with E-state index in [0.717, 1.165) is 0 Å². The lowest BCUT2D eigenvalue weighted by atomic mass is 10.2. The molecule has 8 heteroatoms. The monoisotopic (exact) mass is 269 g/mol. The average molecular weight is 270 g/mol. The first-order valence-electron chi connectivity index (χ1n) is 3.65. The minimum atomic E-state index is -3.87. The van der Waals surface area contributed by atoms with Gasteiger partial charge in [-0.15, -0.1) is 0 Å². The van der Waals surface area contributed by atoms with Gasteiger partial charge in [0.15, 0.2) is 0 Å². The summed E-state index contributed by atoms with van der Waals surface area (Å²) in [6, 6.07) is 3.90. The lowest BCUT2D eigenvalue weighted by molar-refractivity contribution is -0.385. The van der Waals surface area contributed by atoms with Gasteiger partial charge in [0, 0.05) is 16.7 Å². The molecular weight excluding hydrogens is 265 g/mol. The zero-order valence-electron chi connectivity index (χ0n) is 7.18. The van der Waals surface area contributed by atoms with Crippen LogP contribution in [-0.2, 0) is 14.8 Å². The first-order valence-corrected chi connectivity index (χ1v) is 6.51. The highest BCUT2D eigenvalue weighted by atomic mass is 35.7. The van der Waals surface area contributed by atoms with E-state index in [4.69, 9.17) is 22.3 Å². The van der Waals surface area contributed by atoms with E-state index in [1.807, 2.05) is 0 Å². The number of nitro benzene ring substituents is 1. The molecule has 82 valence electrons. The fourth-order valence-corrected chi connectivity index (χ4v) is 2.32. The van der Waals surface area contributed by atoms with Crippen molar-refractivity contribution in [3.8, 4) is 0 Å². The van der Waals surface area contributed by atoms with E-state index in [-0.39, 0.29) is 16.3 Å². The van der Waals surface area contributed by atoms with E-state index < -0.39 is 19.7 Å². The second-order valence-electron chi connectivity index (χ2n) is 2.68. The quantitative estimate of drug-likeness (QED) is 0.479. The Kier molecular flexibility index (Phi) is 3.54. The highest BCUT2D eigenvalue weighted by molar-refractivity contribution is 8.13. The molecule has 0 atom stereocenters. The molecule has 0 fully saturated rings. The van der Waals surface area contributed by atoms with Gasteiger partial charge in [-0.25, -0.2) is 8.42 Å². The van der Waals surface area contributed by atoms with Gasteiger partial charge in [-0.3, -0.25) is 10.1 Å². The number of rotatable bonds is 3. The van der Waals surface area contributed by atoms with Crippen molar-refractivity contribution in [2.45, 2.75) is 5.75 Å². The maximum atomic E-state index is 10.8. The van der Waals surface area contributed by atoms with Crippen molar-refractivity contribution < 1.29 is 13.3 Å². The molecule has 0 N–H and O–H groups in total. The molecule has 0 unspecified atom stereocenters. The van der Waals surface area contributed by atoms with Gasteiger partial charge in [0.05, 0.1) is 21.3 Å². The summed E-state index contributed by atoms with van der Waals surface area (Å²) in [6.07, 6.45) is 0. The summed E-state index contributed by atoms with van der Waals surface area (Å²) in [6.45, 7) is 0. The number of nitrogens with zero attached hydrogens (tertiary/aromatic N) is 1. The molecule has 1 rings (SSSR count). The summed E-state index contributed by atoms with van der Waals surface area (Å²) in [5, 5.41) is 10.6. The van der Waals surface area contributed by atoms with E-state index in [9.17, 15) is 18.5 Å². The Balaban J connectivity index is 3.32. The summed E-state index contributed by atoms with van der Waals surface area (Å²) in [5.41, 5.74) is -0.453. The second-order valence-corrected chi connectivity index (χ2v) is 5.86. The lowest BCUT2D eigenvalue weighted by Crippen LogP contribution is -2.01. The molecule has 0 aliphatic heterocycles. The summed E-state index contributed by atoms with van der Waals surface area (Å²) >= 11 is 5.65. The molecule has 0 amide bonds. The van der Waals surface area contributed by atoms with Gasteiger partial charge in [-0.2, -0.15) is 0 Å². The van der Waals surface area contributed by atoms with Crippen LogP contribution in [0.15, 0.2) is 18.2 Å². The van der Waals surface area contributed by atoms with Crippen molar-refractivity contribution in [3.05, 3.63) is 38.9 Å². The van der Waals surface area contributed by atoms with Crippen molar-refractivity contribution in [2.75, 3.05) is 0 Å². The summed E-state index contributed by atoms with van der Waals surface area (Å²) in [5.74, 6) is -0.662. The molecule has 1 aromatic rings.